The maximum atomic E-state index is 10.8. The zero-order valence-electron chi connectivity index (χ0n) is 12.3. The summed E-state index contributed by atoms with van der Waals surface area (Å²) in [5.41, 5.74) is 0. The molecular weight excluding hydrogens is 234 g/mol. The van der Waals surface area contributed by atoms with E-state index in [9.17, 15) is 9.59 Å². The van der Waals surface area contributed by atoms with Gasteiger partial charge in [0.2, 0.25) is 0 Å². The molecule has 0 aromatic heterocycles. The minimum Gasteiger partial charge on any atom is -0.464 e. The van der Waals surface area contributed by atoms with Crippen molar-refractivity contribution < 1.29 is 19.1 Å². The van der Waals surface area contributed by atoms with Gasteiger partial charge in [-0.2, -0.15) is 0 Å². The van der Waals surface area contributed by atoms with Gasteiger partial charge in [-0.25, -0.2) is 0 Å². The lowest BCUT2D eigenvalue weighted by atomic mass is 10.5. The smallest absolute Gasteiger partial charge is 0.305 e. The third kappa shape index (κ3) is 13.0. The molecule has 0 spiro atoms. The lowest BCUT2D eigenvalue weighted by Gasteiger charge is -2.16. The van der Waals surface area contributed by atoms with E-state index >= 15 is 0 Å². The summed E-state index contributed by atoms with van der Waals surface area (Å²) in [6, 6.07) is 0. The highest BCUT2D eigenvalue weighted by molar-refractivity contribution is 5.69. The van der Waals surface area contributed by atoms with E-state index in [2.05, 4.69) is 0 Å². The van der Waals surface area contributed by atoms with Gasteiger partial charge in [-0.3, -0.25) is 14.5 Å². The minimum absolute atomic E-state index is 0.189. The molecule has 0 N–H and O–H groups in total. The van der Waals surface area contributed by atoms with Crippen molar-refractivity contribution >= 4 is 11.9 Å². The van der Waals surface area contributed by atoms with Crippen LogP contribution in [0.5, 0.6) is 0 Å². The van der Waals surface area contributed by atoms with Crippen LogP contribution in [0.3, 0.4) is 0 Å². The van der Waals surface area contributed by atoms with Crippen LogP contribution in [0.4, 0.5) is 0 Å². The molecule has 0 rings (SSSR count). The van der Waals surface area contributed by atoms with Gasteiger partial charge in [0, 0.05) is 25.9 Å². The van der Waals surface area contributed by atoms with Crippen molar-refractivity contribution in [3.05, 3.63) is 0 Å². The molecule has 5 heteroatoms. The number of nitrogens with zero attached hydrogens (tertiary/aromatic N) is 1. The van der Waals surface area contributed by atoms with Crippen molar-refractivity contribution in [2.45, 2.75) is 40.5 Å². The molecule has 0 fully saturated rings. The molecule has 0 aliphatic rings. The van der Waals surface area contributed by atoms with E-state index < -0.39 is 0 Å². The Bertz CT molecular complexity index is 197. The predicted molar refractivity (Wildman–Crippen MR) is 71.3 cm³/mol. The van der Waals surface area contributed by atoms with Crippen LogP contribution >= 0.6 is 0 Å². The highest BCUT2D eigenvalue weighted by Crippen LogP contribution is 1.89. The van der Waals surface area contributed by atoms with Crippen molar-refractivity contribution in [3.63, 3.8) is 0 Å². The summed E-state index contributed by atoms with van der Waals surface area (Å²) in [6.07, 6.45) is 0.801. The minimum atomic E-state index is -0.189. The van der Waals surface area contributed by atoms with Gasteiger partial charge >= 0.3 is 11.9 Å². The molecule has 0 aromatic rings. The summed E-state index contributed by atoms with van der Waals surface area (Å²) in [7, 11) is 1.89. The Labute approximate surface area is 110 Å². The number of hydrogen-bond acceptors (Lipinski definition) is 5. The predicted octanol–water partition coefficient (Wildman–Crippen LogP) is 1.85. The molecule has 0 saturated carbocycles. The fourth-order valence-corrected chi connectivity index (χ4v) is 0.947. The lowest BCUT2D eigenvalue weighted by molar-refractivity contribution is -0.143. The quantitative estimate of drug-likeness (QED) is 0.624. The third-order valence-electron chi connectivity index (χ3n) is 2.05. The Kier molecular flexibility index (Phi) is 14.9. The van der Waals surface area contributed by atoms with Crippen LogP contribution in [-0.4, -0.2) is 50.2 Å². The molecule has 0 amide bonds. The molecule has 108 valence electrons. The maximum absolute atomic E-state index is 10.8. The van der Waals surface area contributed by atoms with E-state index in [0.29, 0.717) is 39.1 Å². The molecule has 18 heavy (non-hydrogen) atoms. The van der Waals surface area contributed by atoms with Crippen molar-refractivity contribution in [2.75, 3.05) is 33.4 Å². The van der Waals surface area contributed by atoms with E-state index in [4.69, 9.17) is 9.47 Å². The topological polar surface area (TPSA) is 55.8 Å². The number of esters is 2. The van der Waals surface area contributed by atoms with Gasteiger partial charge < -0.3 is 9.47 Å². The second-order valence-corrected chi connectivity index (χ2v) is 3.45. The molecule has 5 nitrogen and oxygen atoms in total. The van der Waals surface area contributed by atoms with E-state index in [-0.39, 0.29) is 11.9 Å². The molecule has 0 aliphatic heterocycles. The Morgan fingerprint density at radius 1 is 0.889 bits per heavy atom. The van der Waals surface area contributed by atoms with Crippen LogP contribution in [0, 0.1) is 0 Å². The first-order valence-electron chi connectivity index (χ1n) is 6.59. The second-order valence-electron chi connectivity index (χ2n) is 3.45. The van der Waals surface area contributed by atoms with Crippen LogP contribution in [0.15, 0.2) is 0 Å². The molecule has 0 aliphatic carbocycles. The third-order valence-corrected chi connectivity index (χ3v) is 2.05. The van der Waals surface area contributed by atoms with Gasteiger partial charge in [0.15, 0.2) is 0 Å². The highest BCUT2D eigenvalue weighted by Gasteiger charge is 2.03. The summed E-state index contributed by atoms with van der Waals surface area (Å²) in [5, 5.41) is 0. The van der Waals surface area contributed by atoms with Crippen LogP contribution < -0.4 is 0 Å². The molecule has 0 aromatic carbocycles. The Morgan fingerprint density at radius 3 is 1.50 bits per heavy atom. The first kappa shape index (κ1) is 19.2. The second kappa shape index (κ2) is 14.0. The van der Waals surface area contributed by atoms with Crippen LogP contribution in [0.25, 0.3) is 0 Å². The molecule has 0 atom stereocenters. The molecule has 0 saturated heterocycles. The first-order chi connectivity index (χ1) is 8.60. The average molecular weight is 261 g/mol. The van der Waals surface area contributed by atoms with Crippen LogP contribution in [0.1, 0.15) is 40.5 Å². The zero-order chi connectivity index (χ0) is 14.4. The van der Waals surface area contributed by atoms with Gasteiger partial charge in [0.05, 0.1) is 0 Å². The molecule has 0 heterocycles. The summed E-state index contributed by atoms with van der Waals surface area (Å²) in [4.78, 5) is 23.6. The van der Waals surface area contributed by atoms with E-state index in [1.54, 1.807) is 13.8 Å². The van der Waals surface area contributed by atoms with E-state index in [0.717, 1.165) is 0 Å². The lowest BCUT2D eigenvalue weighted by Crippen LogP contribution is -2.28. The van der Waals surface area contributed by atoms with Gasteiger partial charge in [0.1, 0.15) is 13.2 Å². The number of carbonyl (C=O) groups is 2. The Balaban J connectivity index is 0. The summed E-state index contributed by atoms with van der Waals surface area (Å²) < 4.78 is 9.84. The number of rotatable bonds is 8. The largest absolute Gasteiger partial charge is 0.464 e. The molecule has 0 unspecified atom stereocenters. The fraction of sp³-hybridized carbons (Fsp3) is 0.846. The first-order valence-corrected chi connectivity index (χ1v) is 6.59. The normalized spacial score (nSPS) is 9.44. The van der Waals surface area contributed by atoms with Crippen LogP contribution in [-0.2, 0) is 19.1 Å². The van der Waals surface area contributed by atoms with Crippen molar-refractivity contribution in [2.24, 2.45) is 0 Å². The summed E-state index contributed by atoms with van der Waals surface area (Å²) in [5.74, 6) is -0.378. The van der Waals surface area contributed by atoms with Gasteiger partial charge in [-0.15, -0.1) is 0 Å². The SMILES string of the molecule is CC.CCC(=O)OCCN(C)CCOC(=O)CC. The molecule has 0 bridgehead atoms. The highest BCUT2D eigenvalue weighted by atomic mass is 16.5. The Hall–Kier alpha value is -1.10. The fourth-order valence-electron chi connectivity index (χ4n) is 0.947. The average Bonchev–Trinajstić information content (AvgIpc) is 2.40. The zero-order valence-corrected chi connectivity index (χ0v) is 12.3. The van der Waals surface area contributed by atoms with Crippen molar-refractivity contribution in [3.8, 4) is 0 Å². The standard InChI is InChI=1S/C11H21NO4.C2H6/c1-4-10(13)15-8-6-12(3)7-9-16-11(14)5-2;1-2/h4-9H2,1-3H3;1-2H3. The van der Waals surface area contributed by atoms with Crippen LogP contribution in [0.2, 0.25) is 0 Å². The summed E-state index contributed by atoms with van der Waals surface area (Å²) in [6.45, 7) is 9.58. The van der Waals surface area contributed by atoms with Gasteiger partial charge in [-0.05, 0) is 7.05 Å². The molecular formula is C13H27NO4. The number of likely N-dealkylation sites (N-methyl/N-ethyl adjacent to an activating group) is 1. The number of ether oxygens (including phenoxy) is 2. The van der Waals surface area contributed by atoms with Gasteiger partial charge in [0.25, 0.3) is 0 Å². The maximum Gasteiger partial charge on any atom is 0.305 e. The molecule has 0 radical (unpaired) electrons. The van der Waals surface area contributed by atoms with Crippen molar-refractivity contribution in [1.29, 1.82) is 0 Å². The number of hydrogen-bond donors (Lipinski definition) is 0. The number of carbonyl (C=O) groups excluding carboxylic acids is 2. The van der Waals surface area contributed by atoms with Crippen molar-refractivity contribution in [1.82, 2.24) is 4.90 Å². The van der Waals surface area contributed by atoms with E-state index in [1.165, 1.54) is 0 Å². The van der Waals surface area contributed by atoms with Gasteiger partial charge in [-0.1, -0.05) is 27.7 Å². The van der Waals surface area contributed by atoms with E-state index in [1.807, 2.05) is 25.8 Å². The monoisotopic (exact) mass is 261 g/mol. The summed E-state index contributed by atoms with van der Waals surface area (Å²) >= 11 is 0. The Morgan fingerprint density at radius 2 is 1.22 bits per heavy atom.